The van der Waals surface area contributed by atoms with E-state index < -0.39 is 6.04 Å². The Bertz CT molecular complexity index is 849. The largest absolute Gasteiger partial charge is 0.324 e. The average Bonchev–Trinajstić information content (AvgIpc) is 3.38. The van der Waals surface area contributed by atoms with Crippen LogP contribution in [0.15, 0.2) is 30.4 Å². The van der Waals surface area contributed by atoms with E-state index in [1.54, 1.807) is 6.92 Å². The summed E-state index contributed by atoms with van der Waals surface area (Å²) in [5.74, 6) is 0.360. The normalized spacial score (nSPS) is 36.5. The molecule has 27 heavy (non-hydrogen) atoms. The van der Waals surface area contributed by atoms with Crippen LogP contribution in [0.5, 0.6) is 0 Å². The van der Waals surface area contributed by atoms with Crippen LogP contribution in [0.1, 0.15) is 24.5 Å². The van der Waals surface area contributed by atoms with Gasteiger partial charge in [0.25, 0.3) is 0 Å². The molecule has 1 N–H and O–H groups in total. The molecule has 0 radical (unpaired) electrons. The molecule has 1 saturated heterocycles. The van der Waals surface area contributed by atoms with Crippen LogP contribution < -0.4 is 5.32 Å². The van der Waals surface area contributed by atoms with E-state index in [0.29, 0.717) is 17.5 Å². The summed E-state index contributed by atoms with van der Waals surface area (Å²) in [7, 11) is 0. The number of likely N-dealkylation sites (tertiary alicyclic amines) is 1. The lowest BCUT2D eigenvalue weighted by Gasteiger charge is -2.37. The Hall–Kier alpha value is -2.43. The molecule has 6 rings (SSSR count). The maximum atomic E-state index is 13.1. The number of aryl methyl sites for hydroxylation is 2. The summed E-state index contributed by atoms with van der Waals surface area (Å²) in [6.07, 6.45) is 5.43. The first-order valence-electron chi connectivity index (χ1n) is 9.81. The van der Waals surface area contributed by atoms with Gasteiger partial charge in [-0.1, -0.05) is 18.2 Å². The molecule has 140 valence electrons. The first-order valence-corrected chi connectivity index (χ1v) is 9.81. The highest BCUT2D eigenvalue weighted by Crippen LogP contribution is 2.65. The molecule has 2 saturated carbocycles. The molecule has 0 spiro atoms. The molecule has 0 unspecified atom stereocenters. The molecule has 5 heteroatoms. The highest BCUT2D eigenvalue weighted by molar-refractivity contribution is 6.10. The predicted octanol–water partition coefficient (Wildman–Crippen LogP) is 2.68. The number of rotatable bonds is 3. The fraction of sp³-hybridized carbons (Fsp3) is 0.500. The summed E-state index contributed by atoms with van der Waals surface area (Å²) >= 11 is 0. The van der Waals surface area contributed by atoms with E-state index in [0.717, 1.165) is 17.5 Å². The average molecular weight is 364 g/mol. The Labute approximate surface area is 158 Å². The molecule has 4 aliphatic carbocycles. The molecule has 5 aliphatic rings. The van der Waals surface area contributed by atoms with Crippen LogP contribution in [0.3, 0.4) is 0 Å². The first-order chi connectivity index (χ1) is 12.9. The molecule has 1 heterocycles. The van der Waals surface area contributed by atoms with Crippen molar-refractivity contribution in [2.75, 3.05) is 5.32 Å². The van der Waals surface area contributed by atoms with Gasteiger partial charge >= 0.3 is 0 Å². The number of hydrogen-bond donors (Lipinski definition) is 1. The number of nitrogens with zero attached hydrogens (tertiary/aromatic N) is 1. The number of carbonyl (C=O) groups is 3. The second kappa shape index (κ2) is 5.54. The van der Waals surface area contributed by atoms with Crippen LogP contribution in [0.4, 0.5) is 5.69 Å². The third-order valence-corrected chi connectivity index (χ3v) is 6.95. The van der Waals surface area contributed by atoms with Crippen molar-refractivity contribution in [2.45, 2.75) is 33.2 Å². The van der Waals surface area contributed by atoms with Crippen LogP contribution in [-0.4, -0.2) is 28.7 Å². The lowest BCUT2D eigenvalue weighted by atomic mass is 9.63. The van der Waals surface area contributed by atoms with Crippen LogP contribution in [0, 0.1) is 49.4 Å². The van der Waals surface area contributed by atoms with Crippen molar-refractivity contribution in [3.05, 3.63) is 41.5 Å². The summed E-state index contributed by atoms with van der Waals surface area (Å²) < 4.78 is 0. The highest BCUT2D eigenvalue weighted by Gasteiger charge is 2.67. The van der Waals surface area contributed by atoms with E-state index >= 15 is 0 Å². The predicted molar refractivity (Wildman–Crippen MR) is 101 cm³/mol. The highest BCUT2D eigenvalue weighted by atomic mass is 16.2. The maximum Gasteiger partial charge on any atom is 0.247 e. The first kappa shape index (κ1) is 16.7. The van der Waals surface area contributed by atoms with E-state index in [9.17, 15) is 14.4 Å². The van der Waals surface area contributed by atoms with Gasteiger partial charge in [-0.3, -0.25) is 19.3 Å². The number of anilines is 1. The Kier molecular flexibility index (Phi) is 3.43. The molecule has 3 amide bonds. The molecule has 7 atom stereocenters. The van der Waals surface area contributed by atoms with Gasteiger partial charge in [-0.2, -0.15) is 0 Å². The number of hydrogen-bond acceptors (Lipinski definition) is 3. The topological polar surface area (TPSA) is 66.5 Å². The standard InChI is InChI=1S/C22H24N2O3/c1-10-6-11(2)8-13(7-10)23-20(25)12(3)24-21(26)18-14-4-5-15(17-9-16(14)17)19(18)22(24)27/h4-8,12,14-19H,9H2,1-3H3,(H,23,25)/t12-,14-,15-,16-,17-,18-,19+/m0/s1. The smallest absolute Gasteiger partial charge is 0.247 e. The zero-order valence-electron chi connectivity index (χ0n) is 15.8. The minimum atomic E-state index is -0.799. The summed E-state index contributed by atoms with van der Waals surface area (Å²) in [4.78, 5) is 40.2. The molecule has 1 aliphatic heterocycles. The lowest BCUT2D eigenvalue weighted by molar-refractivity contribution is -0.146. The van der Waals surface area contributed by atoms with Crippen LogP contribution in [0.25, 0.3) is 0 Å². The van der Waals surface area contributed by atoms with Gasteiger partial charge in [0.15, 0.2) is 0 Å². The number of nitrogens with one attached hydrogen (secondary N) is 1. The Morgan fingerprint density at radius 1 is 1.00 bits per heavy atom. The number of allylic oxidation sites excluding steroid dienone is 2. The summed E-state index contributed by atoms with van der Waals surface area (Å²) in [5, 5.41) is 2.88. The monoisotopic (exact) mass is 364 g/mol. The quantitative estimate of drug-likeness (QED) is 0.662. The van der Waals surface area contributed by atoms with Gasteiger partial charge in [0.05, 0.1) is 11.8 Å². The van der Waals surface area contributed by atoms with Crippen molar-refractivity contribution in [3.8, 4) is 0 Å². The van der Waals surface area contributed by atoms with Crippen molar-refractivity contribution >= 4 is 23.4 Å². The van der Waals surface area contributed by atoms with Crippen LogP contribution in [0.2, 0.25) is 0 Å². The van der Waals surface area contributed by atoms with Gasteiger partial charge in [-0.25, -0.2) is 0 Å². The van der Waals surface area contributed by atoms with E-state index in [2.05, 4.69) is 17.5 Å². The third kappa shape index (κ3) is 2.33. The summed E-state index contributed by atoms with van der Waals surface area (Å²) in [6, 6.07) is 5.02. The van der Waals surface area contributed by atoms with Crippen LogP contribution in [-0.2, 0) is 14.4 Å². The van der Waals surface area contributed by atoms with Gasteiger partial charge in [0.2, 0.25) is 17.7 Å². The van der Waals surface area contributed by atoms with Crippen molar-refractivity contribution in [1.29, 1.82) is 0 Å². The lowest BCUT2D eigenvalue weighted by Crippen LogP contribution is -2.46. The SMILES string of the molecule is Cc1cc(C)cc(NC(=O)[C@H](C)N2C(=O)[C@@H]3[C@H]4C=C[C@@H]([C@@H]5C[C@@H]45)[C@@H]3C2=O)c1. The molecular weight excluding hydrogens is 340 g/mol. The maximum absolute atomic E-state index is 13.1. The third-order valence-electron chi connectivity index (χ3n) is 6.95. The molecule has 5 nitrogen and oxygen atoms in total. The summed E-state index contributed by atoms with van der Waals surface area (Å²) in [5.41, 5.74) is 2.81. The van der Waals surface area contributed by atoms with E-state index in [4.69, 9.17) is 0 Å². The van der Waals surface area contributed by atoms with Crippen molar-refractivity contribution in [2.24, 2.45) is 35.5 Å². The summed E-state index contributed by atoms with van der Waals surface area (Å²) in [6.45, 7) is 5.60. The number of imide groups is 1. The number of amides is 3. The molecule has 1 aromatic rings. The Morgan fingerprint density at radius 2 is 1.52 bits per heavy atom. The fourth-order valence-corrected chi connectivity index (χ4v) is 5.77. The van der Waals surface area contributed by atoms with Gasteiger partial charge in [-0.05, 0) is 74.1 Å². The van der Waals surface area contributed by atoms with E-state index in [-0.39, 0.29) is 41.4 Å². The Balaban J connectivity index is 1.38. The minimum Gasteiger partial charge on any atom is -0.324 e. The van der Waals surface area contributed by atoms with Gasteiger partial charge in [0.1, 0.15) is 6.04 Å². The zero-order valence-corrected chi connectivity index (χ0v) is 15.8. The zero-order chi connectivity index (χ0) is 19.0. The fourth-order valence-electron chi connectivity index (χ4n) is 5.77. The van der Waals surface area contributed by atoms with E-state index in [1.165, 1.54) is 4.90 Å². The molecular formula is C22H24N2O3. The van der Waals surface area contributed by atoms with Crippen molar-refractivity contribution < 1.29 is 14.4 Å². The van der Waals surface area contributed by atoms with Gasteiger partial charge in [0, 0.05) is 5.69 Å². The second-order valence-corrected chi connectivity index (χ2v) is 8.74. The second-order valence-electron chi connectivity index (χ2n) is 8.74. The minimum absolute atomic E-state index is 0.155. The molecule has 2 bridgehead atoms. The van der Waals surface area contributed by atoms with Gasteiger partial charge < -0.3 is 5.32 Å². The molecule has 0 aromatic heterocycles. The van der Waals surface area contributed by atoms with Crippen molar-refractivity contribution in [1.82, 2.24) is 4.90 Å². The number of benzene rings is 1. The van der Waals surface area contributed by atoms with Crippen molar-refractivity contribution in [3.63, 3.8) is 0 Å². The molecule has 3 fully saturated rings. The van der Waals surface area contributed by atoms with E-state index in [1.807, 2.05) is 32.0 Å². The molecule has 1 aromatic carbocycles. The van der Waals surface area contributed by atoms with Crippen LogP contribution >= 0.6 is 0 Å². The van der Waals surface area contributed by atoms with Gasteiger partial charge in [-0.15, -0.1) is 0 Å². The number of carbonyl (C=O) groups excluding carboxylic acids is 3. The Morgan fingerprint density at radius 3 is 2.04 bits per heavy atom.